The topological polar surface area (TPSA) is 47.2 Å². The summed E-state index contributed by atoms with van der Waals surface area (Å²) in [5.41, 5.74) is 4.75. The second-order valence-electron chi connectivity index (χ2n) is 6.32. The van der Waals surface area contributed by atoms with Crippen molar-refractivity contribution in [2.75, 3.05) is 6.54 Å². The highest BCUT2D eigenvalue weighted by Crippen LogP contribution is 2.23. The Morgan fingerprint density at radius 2 is 2.04 bits per heavy atom. The second kappa shape index (κ2) is 6.32. The summed E-state index contributed by atoms with van der Waals surface area (Å²) in [5, 5.41) is 2.99. The number of carbonyl (C=O) groups is 1. The van der Waals surface area contributed by atoms with E-state index < -0.39 is 0 Å². The molecule has 0 saturated heterocycles. The van der Waals surface area contributed by atoms with Crippen LogP contribution in [0.2, 0.25) is 0 Å². The van der Waals surface area contributed by atoms with E-state index in [0.717, 1.165) is 11.1 Å². The summed E-state index contributed by atoms with van der Waals surface area (Å²) in [6.07, 6.45) is 1.66. The maximum absolute atomic E-state index is 12.5. The summed E-state index contributed by atoms with van der Waals surface area (Å²) >= 11 is 0. The standard InChI is InChI=1S/C19H22N2O2/c1-13(2)11-20-19(22)17-10-18-16(8-9-23-18)21(17)12-15-7-5-4-6-14(15)3/h4-10,13H,11-12H2,1-3H3,(H,20,22). The fraction of sp³-hybridized carbons (Fsp3) is 0.316. The molecule has 1 aromatic carbocycles. The van der Waals surface area contributed by atoms with E-state index in [1.54, 1.807) is 6.26 Å². The second-order valence-corrected chi connectivity index (χ2v) is 6.32. The third kappa shape index (κ3) is 3.16. The van der Waals surface area contributed by atoms with E-state index in [4.69, 9.17) is 4.42 Å². The molecule has 0 atom stereocenters. The Labute approximate surface area is 136 Å². The van der Waals surface area contributed by atoms with Gasteiger partial charge in [0.25, 0.3) is 5.91 Å². The number of aryl methyl sites for hydroxylation is 1. The molecule has 0 bridgehead atoms. The Morgan fingerprint density at radius 1 is 1.26 bits per heavy atom. The van der Waals surface area contributed by atoms with Gasteiger partial charge in [-0.25, -0.2) is 0 Å². The van der Waals surface area contributed by atoms with Gasteiger partial charge in [0, 0.05) is 25.2 Å². The molecule has 2 aromatic heterocycles. The molecule has 3 rings (SSSR count). The number of hydrogen-bond acceptors (Lipinski definition) is 2. The Hall–Kier alpha value is -2.49. The van der Waals surface area contributed by atoms with Gasteiger partial charge in [0.1, 0.15) is 5.69 Å². The lowest BCUT2D eigenvalue weighted by Gasteiger charge is -2.13. The monoisotopic (exact) mass is 310 g/mol. The molecule has 0 spiro atoms. The van der Waals surface area contributed by atoms with E-state index in [2.05, 4.69) is 38.2 Å². The number of fused-ring (bicyclic) bond motifs is 1. The average molecular weight is 310 g/mol. The van der Waals surface area contributed by atoms with Crippen molar-refractivity contribution < 1.29 is 9.21 Å². The number of hydrogen-bond donors (Lipinski definition) is 1. The predicted octanol–water partition coefficient (Wildman–Crippen LogP) is 3.98. The molecule has 1 amide bonds. The zero-order valence-electron chi connectivity index (χ0n) is 13.8. The molecule has 0 radical (unpaired) electrons. The number of aromatic nitrogens is 1. The fourth-order valence-corrected chi connectivity index (χ4v) is 2.68. The number of nitrogens with zero attached hydrogens (tertiary/aromatic N) is 1. The molecule has 120 valence electrons. The third-order valence-electron chi connectivity index (χ3n) is 4.02. The smallest absolute Gasteiger partial charge is 0.268 e. The van der Waals surface area contributed by atoms with Crippen molar-refractivity contribution in [2.24, 2.45) is 5.92 Å². The molecule has 0 saturated carbocycles. The number of rotatable bonds is 5. The van der Waals surface area contributed by atoms with Crippen LogP contribution in [0, 0.1) is 12.8 Å². The van der Waals surface area contributed by atoms with Gasteiger partial charge in [0.05, 0.1) is 11.8 Å². The molecule has 23 heavy (non-hydrogen) atoms. The van der Waals surface area contributed by atoms with Crippen molar-refractivity contribution in [1.29, 1.82) is 0 Å². The number of furan rings is 1. The molecule has 4 heteroatoms. The highest BCUT2D eigenvalue weighted by Gasteiger charge is 2.18. The zero-order chi connectivity index (χ0) is 16.4. The van der Waals surface area contributed by atoms with Crippen molar-refractivity contribution in [1.82, 2.24) is 9.88 Å². The van der Waals surface area contributed by atoms with Gasteiger partial charge < -0.3 is 14.3 Å². The van der Waals surface area contributed by atoms with Crippen molar-refractivity contribution >= 4 is 17.0 Å². The average Bonchev–Trinajstić information content (AvgIpc) is 3.09. The minimum atomic E-state index is -0.0568. The van der Waals surface area contributed by atoms with Crippen LogP contribution < -0.4 is 5.32 Å². The molecule has 3 aromatic rings. The number of benzene rings is 1. The lowest BCUT2D eigenvalue weighted by molar-refractivity contribution is 0.0940. The summed E-state index contributed by atoms with van der Waals surface area (Å²) < 4.78 is 7.51. The van der Waals surface area contributed by atoms with Crippen LogP contribution in [-0.2, 0) is 6.54 Å². The Morgan fingerprint density at radius 3 is 2.78 bits per heavy atom. The first-order valence-corrected chi connectivity index (χ1v) is 7.95. The normalized spacial score (nSPS) is 11.3. The fourth-order valence-electron chi connectivity index (χ4n) is 2.68. The maximum atomic E-state index is 12.5. The van der Waals surface area contributed by atoms with Crippen LogP contribution in [0.1, 0.15) is 35.5 Å². The van der Waals surface area contributed by atoms with Crippen LogP contribution in [-0.4, -0.2) is 17.0 Å². The zero-order valence-corrected chi connectivity index (χ0v) is 13.8. The Balaban J connectivity index is 1.97. The molecule has 0 aliphatic heterocycles. The van der Waals surface area contributed by atoms with Gasteiger partial charge in [0.15, 0.2) is 5.58 Å². The van der Waals surface area contributed by atoms with Crippen LogP contribution >= 0.6 is 0 Å². The van der Waals surface area contributed by atoms with Gasteiger partial charge in [0.2, 0.25) is 0 Å². The SMILES string of the molecule is Cc1ccccc1Cn1c(C(=O)NCC(C)C)cc2occc21. The first-order valence-electron chi connectivity index (χ1n) is 7.95. The summed E-state index contributed by atoms with van der Waals surface area (Å²) in [6.45, 7) is 7.57. The van der Waals surface area contributed by atoms with Crippen molar-refractivity contribution in [3.63, 3.8) is 0 Å². The first kappa shape index (κ1) is 15.4. The minimum Gasteiger partial charge on any atom is -0.463 e. The Kier molecular flexibility index (Phi) is 4.24. The van der Waals surface area contributed by atoms with Crippen LogP contribution in [0.4, 0.5) is 0 Å². The third-order valence-corrected chi connectivity index (χ3v) is 4.02. The van der Waals surface area contributed by atoms with E-state index in [9.17, 15) is 4.79 Å². The van der Waals surface area contributed by atoms with Crippen LogP contribution in [0.25, 0.3) is 11.1 Å². The largest absolute Gasteiger partial charge is 0.463 e. The molecular weight excluding hydrogens is 288 g/mol. The van der Waals surface area contributed by atoms with Crippen molar-refractivity contribution in [2.45, 2.75) is 27.3 Å². The molecule has 0 aliphatic rings. The predicted molar refractivity (Wildman–Crippen MR) is 91.7 cm³/mol. The van der Waals surface area contributed by atoms with E-state index in [1.807, 2.05) is 28.8 Å². The molecule has 0 aliphatic carbocycles. The van der Waals surface area contributed by atoms with Gasteiger partial charge >= 0.3 is 0 Å². The summed E-state index contributed by atoms with van der Waals surface area (Å²) in [4.78, 5) is 12.5. The summed E-state index contributed by atoms with van der Waals surface area (Å²) in [5.74, 6) is 0.361. The Bertz CT molecular complexity index is 827. The minimum absolute atomic E-state index is 0.0568. The van der Waals surface area contributed by atoms with Crippen LogP contribution in [0.3, 0.4) is 0 Å². The lowest BCUT2D eigenvalue weighted by Crippen LogP contribution is -2.29. The van der Waals surface area contributed by atoms with E-state index >= 15 is 0 Å². The van der Waals surface area contributed by atoms with Crippen molar-refractivity contribution in [3.05, 3.63) is 59.5 Å². The quantitative estimate of drug-likeness (QED) is 0.775. The molecule has 1 N–H and O–H groups in total. The van der Waals surface area contributed by atoms with E-state index in [1.165, 1.54) is 11.1 Å². The highest BCUT2D eigenvalue weighted by molar-refractivity contribution is 5.97. The van der Waals surface area contributed by atoms with E-state index in [-0.39, 0.29) is 5.91 Å². The van der Waals surface area contributed by atoms with Crippen LogP contribution in [0.5, 0.6) is 0 Å². The van der Waals surface area contributed by atoms with Crippen molar-refractivity contribution in [3.8, 4) is 0 Å². The van der Waals surface area contributed by atoms with Crippen LogP contribution in [0.15, 0.2) is 47.1 Å². The van der Waals surface area contributed by atoms with Gasteiger partial charge in [-0.05, 0) is 24.0 Å². The molecule has 4 nitrogen and oxygen atoms in total. The summed E-state index contributed by atoms with van der Waals surface area (Å²) in [7, 11) is 0. The lowest BCUT2D eigenvalue weighted by atomic mass is 10.1. The van der Waals surface area contributed by atoms with Gasteiger partial charge in [-0.3, -0.25) is 4.79 Å². The molecule has 2 heterocycles. The van der Waals surface area contributed by atoms with E-state index in [0.29, 0.717) is 24.7 Å². The molecule has 0 unspecified atom stereocenters. The molecule has 0 fully saturated rings. The number of amides is 1. The number of nitrogens with one attached hydrogen (secondary N) is 1. The van der Waals surface area contributed by atoms with Gasteiger partial charge in [-0.2, -0.15) is 0 Å². The summed E-state index contributed by atoms with van der Waals surface area (Å²) in [6, 6.07) is 12.0. The highest BCUT2D eigenvalue weighted by atomic mass is 16.3. The maximum Gasteiger partial charge on any atom is 0.268 e. The molecular formula is C19H22N2O2. The van der Waals surface area contributed by atoms with Gasteiger partial charge in [-0.1, -0.05) is 38.1 Å². The first-order chi connectivity index (χ1) is 11.1. The van der Waals surface area contributed by atoms with Gasteiger partial charge in [-0.15, -0.1) is 0 Å². The number of carbonyl (C=O) groups excluding carboxylic acids is 1.